The third-order valence-electron chi connectivity index (χ3n) is 13.4. The Morgan fingerprint density at radius 1 is 0.288 bits per heavy atom. The smallest absolute Gasteiger partial charge is 0.306 e. The van der Waals surface area contributed by atoms with Crippen LogP contribution in [-0.4, -0.2) is 37.2 Å². The number of esters is 3. The second kappa shape index (κ2) is 61.1. The van der Waals surface area contributed by atoms with Crippen molar-refractivity contribution in [3.8, 4) is 0 Å². The Kier molecular flexibility index (Phi) is 58.3. The lowest BCUT2D eigenvalue weighted by molar-refractivity contribution is -0.167. The molecule has 0 saturated carbocycles. The van der Waals surface area contributed by atoms with Crippen LogP contribution in [0.15, 0.2) is 85.1 Å². The van der Waals surface area contributed by atoms with Crippen molar-refractivity contribution in [1.29, 1.82) is 0 Å². The Balaban J connectivity index is 3.99. The predicted molar refractivity (Wildman–Crippen MR) is 316 cm³/mol. The van der Waals surface area contributed by atoms with Gasteiger partial charge in [-0.2, -0.15) is 0 Å². The molecule has 0 fully saturated rings. The van der Waals surface area contributed by atoms with Crippen molar-refractivity contribution >= 4 is 17.9 Å². The van der Waals surface area contributed by atoms with Gasteiger partial charge in [0.05, 0.1) is 0 Å². The van der Waals surface area contributed by atoms with Gasteiger partial charge in [0.25, 0.3) is 0 Å². The number of carbonyl (C=O) groups excluding carboxylic acids is 3. The molecule has 0 bridgehead atoms. The standard InChI is InChI=1S/C67H116O6/c1-4-7-10-13-16-19-22-23-24-25-26-27-28-29-30-31-32-33-34-35-36-37-38-39-40-41-42-43-44-45-46-49-51-54-57-60-66(69)72-63-64(73-67(70)61-58-55-52-48-21-18-15-12-9-6-3)62-71-65(68)59-56-53-50-47-20-17-14-11-8-5-2/h7,10,12,15-16,19,23-24,26-27,29-30,32-33,64H,4-6,8-9,11,13-14,17-18,20-22,25,28,31,34-63H2,1-3H3/b10-7-,15-12-,19-16-,24-23-,27-26-,30-29-,33-32-. The Morgan fingerprint density at radius 3 is 0.904 bits per heavy atom. The van der Waals surface area contributed by atoms with E-state index in [2.05, 4.69) is 106 Å². The molecule has 0 aromatic rings. The van der Waals surface area contributed by atoms with E-state index in [0.29, 0.717) is 19.3 Å². The van der Waals surface area contributed by atoms with Gasteiger partial charge >= 0.3 is 17.9 Å². The van der Waals surface area contributed by atoms with Gasteiger partial charge in [-0.05, 0) is 89.9 Å². The lowest BCUT2D eigenvalue weighted by Crippen LogP contribution is -2.30. The average molecular weight is 1020 g/mol. The maximum Gasteiger partial charge on any atom is 0.306 e. The van der Waals surface area contributed by atoms with E-state index in [4.69, 9.17) is 14.2 Å². The first-order chi connectivity index (χ1) is 36.0. The Labute approximate surface area is 452 Å². The molecule has 0 aliphatic rings. The summed E-state index contributed by atoms with van der Waals surface area (Å²) in [6, 6.07) is 0. The molecule has 0 N–H and O–H groups in total. The zero-order chi connectivity index (χ0) is 52.9. The summed E-state index contributed by atoms with van der Waals surface area (Å²) in [5.74, 6) is -0.879. The van der Waals surface area contributed by atoms with E-state index in [1.807, 2.05) is 0 Å². The molecule has 1 unspecified atom stereocenters. The summed E-state index contributed by atoms with van der Waals surface area (Å²) in [7, 11) is 0. The third-order valence-corrected chi connectivity index (χ3v) is 13.4. The van der Waals surface area contributed by atoms with Crippen LogP contribution in [0.5, 0.6) is 0 Å². The van der Waals surface area contributed by atoms with Crippen LogP contribution < -0.4 is 0 Å². The molecule has 0 spiro atoms. The lowest BCUT2D eigenvalue weighted by Gasteiger charge is -2.18. The Morgan fingerprint density at radius 2 is 0.562 bits per heavy atom. The molecular formula is C67H116O6. The van der Waals surface area contributed by atoms with E-state index < -0.39 is 6.10 Å². The molecule has 0 radical (unpaired) electrons. The Hall–Kier alpha value is -3.41. The maximum atomic E-state index is 12.8. The van der Waals surface area contributed by atoms with Crippen molar-refractivity contribution in [2.24, 2.45) is 0 Å². The monoisotopic (exact) mass is 1020 g/mol. The summed E-state index contributed by atoms with van der Waals surface area (Å²) in [5.41, 5.74) is 0. The van der Waals surface area contributed by atoms with Gasteiger partial charge < -0.3 is 14.2 Å². The highest BCUT2D eigenvalue weighted by molar-refractivity contribution is 5.71. The summed E-state index contributed by atoms with van der Waals surface area (Å²) < 4.78 is 16.8. The highest BCUT2D eigenvalue weighted by Crippen LogP contribution is 2.16. The molecule has 6 nitrogen and oxygen atoms in total. The molecule has 0 amide bonds. The van der Waals surface area contributed by atoms with Gasteiger partial charge in [0.2, 0.25) is 0 Å². The molecule has 0 aromatic heterocycles. The zero-order valence-electron chi connectivity index (χ0n) is 48.1. The predicted octanol–water partition coefficient (Wildman–Crippen LogP) is 21.1. The normalized spacial score (nSPS) is 12.6. The second-order valence-electron chi connectivity index (χ2n) is 20.6. The summed E-state index contributed by atoms with van der Waals surface area (Å²) in [6.45, 7) is 6.46. The number of rotatable bonds is 56. The number of unbranched alkanes of at least 4 members (excludes halogenated alkanes) is 31. The summed E-state index contributed by atoms with van der Waals surface area (Å²) in [6.07, 6.45) is 80.5. The first-order valence-electron chi connectivity index (χ1n) is 31.1. The third kappa shape index (κ3) is 59.3. The molecule has 420 valence electrons. The van der Waals surface area contributed by atoms with E-state index in [1.165, 1.54) is 148 Å². The van der Waals surface area contributed by atoms with Gasteiger partial charge in [0.15, 0.2) is 6.10 Å². The minimum atomic E-state index is -0.774. The molecule has 6 heteroatoms. The van der Waals surface area contributed by atoms with E-state index in [0.717, 1.165) is 116 Å². The molecule has 73 heavy (non-hydrogen) atoms. The fraction of sp³-hybridized carbons (Fsp3) is 0.746. The summed E-state index contributed by atoms with van der Waals surface area (Å²) >= 11 is 0. The van der Waals surface area contributed by atoms with Crippen LogP contribution in [0, 0.1) is 0 Å². The van der Waals surface area contributed by atoms with Crippen molar-refractivity contribution in [3.05, 3.63) is 85.1 Å². The Bertz CT molecular complexity index is 1400. The van der Waals surface area contributed by atoms with Crippen LogP contribution in [-0.2, 0) is 28.6 Å². The van der Waals surface area contributed by atoms with Crippen LogP contribution in [0.4, 0.5) is 0 Å². The van der Waals surface area contributed by atoms with Crippen molar-refractivity contribution in [2.45, 2.75) is 309 Å². The van der Waals surface area contributed by atoms with Gasteiger partial charge in [0.1, 0.15) is 13.2 Å². The fourth-order valence-corrected chi connectivity index (χ4v) is 8.74. The van der Waals surface area contributed by atoms with Crippen LogP contribution in [0.2, 0.25) is 0 Å². The molecule has 0 aliphatic carbocycles. The number of ether oxygens (including phenoxy) is 3. The number of allylic oxidation sites excluding steroid dienone is 14. The minimum absolute atomic E-state index is 0.0749. The second-order valence-corrected chi connectivity index (χ2v) is 20.6. The van der Waals surface area contributed by atoms with Crippen LogP contribution in [0.25, 0.3) is 0 Å². The maximum absolute atomic E-state index is 12.8. The molecule has 0 heterocycles. The molecule has 0 rings (SSSR count). The summed E-state index contributed by atoms with van der Waals surface area (Å²) in [5, 5.41) is 0. The molecule has 1 atom stereocenters. The number of hydrogen-bond acceptors (Lipinski definition) is 6. The zero-order valence-corrected chi connectivity index (χ0v) is 48.1. The molecule has 0 aliphatic heterocycles. The van der Waals surface area contributed by atoms with E-state index in [9.17, 15) is 14.4 Å². The average Bonchev–Trinajstić information content (AvgIpc) is 3.39. The van der Waals surface area contributed by atoms with Crippen LogP contribution in [0.1, 0.15) is 303 Å². The van der Waals surface area contributed by atoms with Gasteiger partial charge in [-0.3, -0.25) is 14.4 Å². The van der Waals surface area contributed by atoms with Gasteiger partial charge in [-0.1, -0.05) is 279 Å². The van der Waals surface area contributed by atoms with Crippen molar-refractivity contribution < 1.29 is 28.6 Å². The highest BCUT2D eigenvalue weighted by atomic mass is 16.6. The van der Waals surface area contributed by atoms with Gasteiger partial charge in [-0.25, -0.2) is 0 Å². The first-order valence-corrected chi connectivity index (χ1v) is 31.1. The van der Waals surface area contributed by atoms with Crippen molar-refractivity contribution in [3.63, 3.8) is 0 Å². The quantitative estimate of drug-likeness (QED) is 0.0261. The van der Waals surface area contributed by atoms with E-state index >= 15 is 0 Å². The first kappa shape index (κ1) is 69.6. The van der Waals surface area contributed by atoms with Crippen LogP contribution in [0.3, 0.4) is 0 Å². The number of hydrogen-bond donors (Lipinski definition) is 0. The van der Waals surface area contributed by atoms with E-state index in [1.54, 1.807) is 0 Å². The fourth-order valence-electron chi connectivity index (χ4n) is 8.74. The topological polar surface area (TPSA) is 78.9 Å². The van der Waals surface area contributed by atoms with Crippen molar-refractivity contribution in [1.82, 2.24) is 0 Å². The lowest BCUT2D eigenvalue weighted by atomic mass is 10.0. The molecule has 0 saturated heterocycles. The SMILES string of the molecule is CC/C=C\C/C=C\C/C=C\C/C=C\C/C=C\C/C=C\CCCCCCCCCCCCCCCCCCC(=O)OCC(COC(=O)CCCCCCCCCCCC)OC(=O)CCCCCCC/C=C\CCC. The van der Waals surface area contributed by atoms with Gasteiger partial charge in [0, 0.05) is 19.3 Å². The van der Waals surface area contributed by atoms with Crippen LogP contribution >= 0.6 is 0 Å². The number of carbonyl (C=O) groups is 3. The van der Waals surface area contributed by atoms with Gasteiger partial charge in [-0.15, -0.1) is 0 Å². The summed E-state index contributed by atoms with van der Waals surface area (Å²) in [4.78, 5) is 38.0. The highest BCUT2D eigenvalue weighted by Gasteiger charge is 2.19. The minimum Gasteiger partial charge on any atom is -0.462 e. The molecule has 0 aromatic carbocycles. The molecular weight excluding hydrogens is 901 g/mol. The van der Waals surface area contributed by atoms with Crippen molar-refractivity contribution in [2.75, 3.05) is 13.2 Å². The van der Waals surface area contributed by atoms with E-state index in [-0.39, 0.29) is 31.1 Å². The largest absolute Gasteiger partial charge is 0.462 e.